The second kappa shape index (κ2) is 11.8. The standard InChI is InChI=1S/C32H36N6O3S/c1-23-10-11-25(22-29(23)42(40,41)38-20-18-36(2)19-21-38)30-27-8-4-5-9-28(27)31(35-34-30)33-26-14-12-24(13-15-26)32(39)37-16-6-3-7-17-37/h4-5,8-15,22H,3,6-7,16-21H2,1-2H3,(H,33,35). The number of benzene rings is 3. The van der Waals surface area contributed by atoms with Gasteiger partial charge in [-0.2, -0.15) is 4.31 Å². The van der Waals surface area contributed by atoms with E-state index in [4.69, 9.17) is 0 Å². The van der Waals surface area contributed by atoms with Crippen molar-refractivity contribution in [1.29, 1.82) is 0 Å². The molecule has 1 amide bonds. The summed E-state index contributed by atoms with van der Waals surface area (Å²) in [5, 5.41) is 14.2. The summed E-state index contributed by atoms with van der Waals surface area (Å²) in [5.41, 5.74) is 3.50. The highest BCUT2D eigenvalue weighted by molar-refractivity contribution is 7.89. The Kier molecular flexibility index (Phi) is 7.94. The van der Waals surface area contributed by atoms with Gasteiger partial charge >= 0.3 is 0 Å². The van der Waals surface area contributed by atoms with Crippen LogP contribution in [-0.4, -0.2) is 84.9 Å². The number of carbonyl (C=O) groups excluding carboxylic acids is 1. The van der Waals surface area contributed by atoms with Crippen LogP contribution in [0.3, 0.4) is 0 Å². The monoisotopic (exact) mass is 584 g/mol. The molecule has 9 nitrogen and oxygen atoms in total. The zero-order valence-corrected chi connectivity index (χ0v) is 24.9. The molecule has 2 fully saturated rings. The lowest BCUT2D eigenvalue weighted by Gasteiger charge is -2.32. The second-order valence-corrected chi connectivity index (χ2v) is 13.1. The van der Waals surface area contributed by atoms with Crippen LogP contribution in [0, 0.1) is 6.92 Å². The Labute approximate surface area is 247 Å². The van der Waals surface area contributed by atoms with E-state index in [1.54, 1.807) is 10.4 Å². The average Bonchev–Trinajstić information content (AvgIpc) is 3.02. The zero-order valence-electron chi connectivity index (χ0n) is 24.1. The first-order valence-corrected chi connectivity index (χ1v) is 16.0. The molecule has 0 radical (unpaired) electrons. The average molecular weight is 585 g/mol. The number of aryl methyl sites for hydroxylation is 1. The van der Waals surface area contributed by atoms with Crippen LogP contribution in [0.15, 0.2) is 71.6 Å². The molecular formula is C32H36N6O3S. The van der Waals surface area contributed by atoms with E-state index in [1.807, 2.05) is 79.5 Å². The normalized spacial score (nSPS) is 17.0. The Morgan fingerprint density at radius 2 is 1.50 bits per heavy atom. The van der Waals surface area contributed by atoms with Crippen molar-refractivity contribution in [1.82, 2.24) is 24.3 Å². The maximum Gasteiger partial charge on any atom is 0.253 e. The lowest BCUT2D eigenvalue weighted by atomic mass is 10.0. The third-order valence-electron chi connectivity index (χ3n) is 8.27. The van der Waals surface area contributed by atoms with Crippen LogP contribution in [0.25, 0.3) is 22.0 Å². The predicted molar refractivity (Wildman–Crippen MR) is 165 cm³/mol. The number of fused-ring (bicyclic) bond motifs is 1. The van der Waals surface area contributed by atoms with Gasteiger partial charge in [-0.15, -0.1) is 10.2 Å². The molecule has 0 saturated carbocycles. The third kappa shape index (κ3) is 5.62. The van der Waals surface area contributed by atoms with E-state index >= 15 is 0 Å². The lowest BCUT2D eigenvalue weighted by molar-refractivity contribution is 0.0724. The number of likely N-dealkylation sites (tertiary alicyclic amines) is 1. The van der Waals surface area contributed by atoms with Crippen molar-refractivity contribution >= 4 is 38.2 Å². The van der Waals surface area contributed by atoms with Gasteiger partial charge in [-0.25, -0.2) is 8.42 Å². The molecule has 3 aromatic carbocycles. The molecule has 0 unspecified atom stereocenters. The number of likely N-dealkylation sites (N-methyl/N-ethyl adjacent to an activating group) is 1. The molecular weight excluding hydrogens is 548 g/mol. The van der Waals surface area contributed by atoms with Gasteiger partial charge in [-0.3, -0.25) is 4.79 Å². The Hall–Kier alpha value is -3.86. The van der Waals surface area contributed by atoms with Gasteiger partial charge in [-0.05, 0) is 69.1 Å². The number of hydrogen-bond donors (Lipinski definition) is 1. The van der Waals surface area contributed by atoms with Crippen molar-refractivity contribution in [3.8, 4) is 11.3 Å². The number of sulfonamides is 1. The van der Waals surface area contributed by atoms with Crippen LogP contribution in [-0.2, 0) is 10.0 Å². The number of carbonyl (C=O) groups is 1. The number of hydrogen-bond acceptors (Lipinski definition) is 7. The van der Waals surface area contributed by atoms with Crippen molar-refractivity contribution in [2.24, 2.45) is 0 Å². The van der Waals surface area contributed by atoms with Crippen molar-refractivity contribution < 1.29 is 13.2 Å². The van der Waals surface area contributed by atoms with E-state index in [-0.39, 0.29) is 5.91 Å². The minimum Gasteiger partial charge on any atom is -0.339 e. The van der Waals surface area contributed by atoms with Crippen molar-refractivity contribution in [2.75, 3.05) is 51.6 Å². The Bertz CT molecular complexity index is 1710. The first kappa shape index (κ1) is 28.3. The summed E-state index contributed by atoms with van der Waals surface area (Å²) >= 11 is 0. The summed E-state index contributed by atoms with van der Waals surface area (Å²) in [6.07, 6.45) is 3.30. The van der Waals surface area contributed by atoms with Gasteiger partial charge in [-0.1, -0.05) is 36.4 Å². The predicted octanol–water partition coefficient (Wildman–Crippen LogP) is 4.91. The zero-order chi connectivity index (χ0) is 29.3. The number of nitrogens with one attached hydrogen (secondary N) is 1. The molecule has 3 heterocycles. The summed E-state index contributed by atoms with van der Waals surface area (Å²) in [4.78, 5) is 17.2. The van der Waals surface area contributed by atoms with Crippen molar-refractivity contribution in [3.63, 3.8) is 0 Å². The molecule has 0 bridgehead atoms. The maximum atomic E-state index is 13.6. The number of nitrogens with zero attached hydrogens (tertiary/aromatic N) is 5. The Morgan fingerprint density at radius 3 is 2.21 bits per heavy atom. The highest BCUT2D eigenvalue weighted by Crippen LogP contribution is 2.33. The molecule has 0 aliphatic carbocycles. The molecule has 4 aromatic rings. The van der Waals surface area contributed by atoms with Crippen LogP contribution >= 0.6 is 0 Å². The number of rotatable bonds is 6. The molecule has 0 spiro atoms. The van der Waals surface area contributed by atoms with E-state index in [1.165, 1.54) is 6.42 Å². The van der Waals surface area contributed by atoms with Crippen LogP contribution in [0.2, 0.25) is 0 Å². The molecule has 0 atom stereocenters. The first-order chi connectivity index (χ1) is 20.3. The van der Waals surface area contributed by atoms with Gasteiger partial charge in [0.15, 0.2) is 5.82 Å². The van der Waals surface area contributed by atoms with Gasteiger partial charge in [0.25, 0.3) is 5.91 Å². The summed E-state index contributed by atoms with van der Waals surface area (Å²) in [5.74, 6) is 0.657. The van der Waals surface area contributed by atoms with Crippen LogP contribution in [0.1, 0.15) is 35.2 Å². The van der Waals surface area contributed by atoms with Gasteiger partial charge < -0.3 is 15.1 Å². The Balaban J connectivity index is 1.28. The number of piperidine rings is 1. The summed E-state index contributed by atoms with van der Waals surface area (Å²) in [7, 11) is -1.64. The van der Waals surface area contributed by atoms with E-state index < -0.39 is 10.0 Å². The van der Waals surface area contributed by atoms with E-state index in [0.717, 1.165) is 42.4 Å². The number of aromatic nitrogens is 2. The topological polar surface area (TPSA) is 98.7 Å². The number of piperazine rings is 1. The van der Waals surface area contributed by atoms with Crippen LogP contribution < -0.4 is 5.32 Å². The van der Waals surface area contributed by atoms with E-state index in [2.05, 4.69) is 20.4 Å². The van der Waals surface area contributed by atoms with E-state index in [0.29, 0.717) is 59.3 Å². The fourth-order valence-corrected chi connectivity index (χ4v) is 7.39. The Morgan fingerprint density at radius 1 is 0.810 bits per heavy atom. The van der Waals surface area contributed by atoms with E-state index in [9.17, 15) is 13.2 Å². The van der Waals surface area contributed by atoms with Gasteiger partial charge in [0.05, 0.1) is 4.90 Å². The second-order valence-electron chi connectivity index (χ2n) is 11.2. The summed E-state index contributed by atoms with van der Waals surface area (Å²) in [6.45, 7) is 5.82. The molecule has 42 heavy (non-hydrogen) atoms. The smallest absolute Gasteiger partial charge is 0.253 e. The minimum absolute atomic E-state index is 0.0722. The fraction of sp³-hybridized carbons (Fsp3) is 0.344. The molecule has 218 valence electrons. The largest absolute Gasteiger partial charge is 0.339 e. The molecule has 1 N–H and O–H groups in total. The van der Waals surface area contributed by atoms with Crippen molar-refractivity contribution in [3.05, 3.63) is 77.9 Å². The quantitative estimate of drug-likeness (QED) is 0.344. The molecule has 10 heteroatoms. The van der Waals surface area contributed by atoms with Crippen LogP contribution in [0.5, 0.6) is 0 Å². The maximum absolute atomic E-state index is 13.6. The fourth-order valence-electron chi connectivity index (χ4n) is 5.71. The number of anilines is 2. The van der Waals surface area contributed by atoms with Crippen molar-refractivity contribution in [2.45, 2.75) is 31.1 Å². The highest BCUT2D eigenvalue weighted by Gasteiger charge is 2.29. The first-order valence-electron chi connectivity index (χ1n) is 14.5. The SMILES string of the molecule is Cc1ccc(-c2nnc(Nc3ccc(C(=O)N4CCCCC4)cc3)c3ccccc23)cc1S(=O)(=O)N1CCN(C)CC1. The lowest BCUT2D eigenvalue weighted by Crippen LogP contribution is -2.47. The van der Waals surface area contributed by atoms with Gasteiger partial charge in [0, 0.05) is 66.9 Å². The summed E-state index contributed by atoms with van der Waals surface area (Å²) < 4.78 is 28.8. The minimum atomic E-state index is -3.65. The van der Waals surface area contributed by atoms with Crippen LogP contribution in [0.4, 0.5) is 11.5 Å². The summed E-state index contributed by atoms with van der Waals surface area (Å²) in [6, 6.07) is 20.8. The molecule has 1 aromatic heterocycles. The molecule has 6 rings (SSSR count). The molecule has 2 aliphatic heterocycles. The molecule has 2 saturated heterocycles. The van der Waals surface area contributed by atoms with Gasteiger partial charge in [0.1, 0.15) is 5.69 Å². The molecule has 2 aliphatic rings. The highest BCUT2D eigenvalue weighted by atomic mass is 32.2. The third-order valence-corrected chi connectivity index (χ3v) is 10.3. The number of amides is 1. The van der Waals surface area contributed by atoms with Gasteiger partial charge in [0.2, 0.25) is 10.0 Å².